The van der Waals surface area contributed by atoms with Gasteiger partial charge in [0, 0.05) is 17.5 Å². The van der Waals surface area contributed by atoms with Crippen LogP contribution >= 0.6 is 0 Å². The molecule has 9 nitrogen and oxygen atoms in total. The van der Waals surface area contributed by atoms with Gasteiger partial charge in [-0.2, -0.15) is 0 Å². The number of hydrogen-bond acceptors (Lipinski definition) is 7. The molecule has 2 N–H and O–H groups in total. The number of aryl methyl sites for hydroxylation is 2. The summed E-state index contributed by atoms with van der Waals surface area (Å²) in [4.78, 5) is 32.9. The van der Waals surface area contributed by atoms with Gasteiger partial charge in [0.2, 0.25) is 0 Å². The van der Waals surface area contributed by atoms with E-state index in [1.807, 2.05) is 67.6 Å². The summed E-state index contributed by atoms with van der Waals surface area (Å²) in [6.45, 7) is 5.63. The van der Waals surface area contributed by atoms with Gasteiger partial charge in [-0.15, -0.1) is 0 Å². The van der Waals surface area contributed by atoms with E-state index in [4.69, 9.17) is 14.2 Å². The number of H-pyrrole nitrogens is 1. The summed E-state index contributed by atoms with van der Waals surface area (Å²) >= 11 is 0. The van der Waals surface area contributed by atoms with E-state index in [0.29, 0.717) is 41.5 Å². The molecule has 2 heterocycles. The van der Waals surface area contributed by atoms with E-state index in [1.165, 1.54) is 0 Å². The van der Waals surface area contributed by atoms with E-state index in [2.05, 4.69) is 17.1 Å². The van der Waals surface area contributed by atoms with Crippen LogP contribution in [0.4, 0.5) is 0 Å². The van der Waals surface area contributed by atoms with Crippen LogP contribution in [0.5, 0.6) is 5.75 Å². The summed E-state index contributed by atoms with van der Waals surface area (Å²) in [5.74, 6) is 1.00. The second kappa shape index (κ2) is 14.4. The molecule has 3 aromatic carbocycles. The number of ether oxygens (including phenoxy) is 1. The molecule has 42 heavy (non-hydrogen) atoms. The first-order valence-electron chi connectivity index (χ1n) is 13.6. The number of rotatable bonds is 10. The van der Waals surface area contributed by atoms with Crippen molar-refractivity contribution < 1.29 is 67.2 Å². The summed E-state index contributed by atoms with van der Waals surface area (Å²) in [6.07, 6.45) is 1.70. The Morgan fingerprint density at radius 2 is 1.71 bits per heavy atom. The zero-order valence-corrected chi connectivity index (χ0v) is 27.4. The number of nitrogens with zero attached hydrogens (tertiary/aromatic N) is 3. The standard InChI is InChI=1S/C32H32N4O5.K.H/c1-4-7-29-28(31(38)36(21(3)33-29)24-14-16-25(17-15-24)40-20(2)19-37)18-22-10-12-23(13-11-22)26-8-5-6-9-27(26)30-34-32(39)41-35-30;;/h5-6,8-17,20,37H,4,7,18-19H2,1-3H3,(H,34,35,39);;/q;+1;-1. The molecule has 212 valence electrons. The topological polar surface area (TPSA) is 123 Å². The number of nitrogens with one attached hydrogen (secondary N) is 1. The van der Waals surface area contributed by atoms with Crippen molar-refractivity contribution in [2.24, 2.45) is 0 Å². The maximum atomic E-state index is 13.9. The number of aliphatic hydroxyl groups is 1. The van der Waals surface area contributed by atoms with Gasteiger partial charge in [0.05, 0.1) is 18.0 Å². The molecule has 10 heteroatoms. The summed E-state index contributed by atoms with van der Waals surface area (Å²) < 4.78 is 12.0. The zero-order chi connectivity index (χ0) is 28.9. The molecule has 0 saturated carbocycles. The second-order valence-electron chi connectivity index (χ2n) is 9.94. The fourth-order valence-electron chi connectivity index (χ4n) is 4.88. The van der Waals surface area contributed by atoms with Crippen LogP contribution in [-0.2, 0) is 12.8 Å². The number of aromatic amines is 1. The Labute approximate surface area is 287 Å². The van der Waals surface area contributed by atoms with Crippen molar-refractivity contribution in [3.8, 4) is 34.0 Å². The Morgan fingerprint density at radius 3 is 2.33 bits per heavy atom. The van der Waals surface area contributed by atoms with Gasteiger partial charge >= 0.3 is 57.1 Å². The molecule has 0 amide bonds. The van der Waals surface area contributed by atoms with Crippen molar-refractivity contribution in [2.45, 2.75) is 46.1 Å². The van der Waals surface area contributed by atoms with E-state index < -0.39 is 5.76 Å². The van der Waals surface area contributed by atoms with Crippen molar-refractivity contribution in [3.63, 3.8) is 0 Å². The molecule has 2 aromatic heterocycles. The average Bonchev–Trinajstić information content (AvgIpc) is 3.42. The molecule has 0 radical (unpaired) electrons. The average molecular weight is 593 g/mol. The Morgan fingerprint density at radius 1 is 1.02 bits per heavy atom. The summed E-state index contributed by atoms with van der Waals surface area (Å²) in [6, 6.07) is 22.9. The van der Waals surface area contributed by atoms with Crippen molar-refractivity contribution in [1.82, 2.24) is 19.7 Å². The van der Waals surface area contributed by atoms with Gasteiger partial charge in [0.1, 0.15) is 17.7 Å². The van der Waals surface area contributed by atoms with Crippen LogP contribution < -0.4 is 67.4 Å². The monoisotopic (exact) mass is 592 g/mol. The van der Waals surface area contributed by atoms with E-state index >= 15 is 0 Å². The summed E-state index contributed by atoms with van der Waals surface area (Å²) in [5, 5.41) is 13.1. The van der Waals surface area contributed by atoms with Crippen LogP contribution in [0.1, 0.15) is 44.3 Å². The predicted octanol–water partition coefficient (Wildman–Crippen LogP) is 1.97. The molecular formula is C32H33KN4O5. The maximum Gasteiger partial charge on any atom is 1.00 e. The first-order valence-corrected chi connectivity index (χ1v) is 13.6. The molecule has 0 saturated heterocycles. The number of hydrogen-bond donors (Lipinski definition) is 2. The zero-order valence-electron chi connectivity index (χ0n) is 25.3. The van der Waals surface area contributed by atoms with Crippen LogP contribution in [-0.4, -0.2) is 37.5 Å². The minimum atomic E-state index is -0.606. The van der Waals surface area contributed by atoms with Crippen molar-refractivity contribution in [2.75, 3.05) is 6.61 Å². The summed E-state index contributed by atoms with van der Waals surface area (Å²) in [5.41, 5.74) is 5.66. The number of aliphatic hydroxyl groups excluding tert-OH is 1. The van der Waals surface area contributed by atoms with Crippen LogP contribution in [0, 0.1) is 6.92 Å². The molecule has 5 aromatic rings. The molecular weight excluding hydrogens is 559 g/mol. The number of benzene rings is 3. The first kappa shape index (κ1) is 31.8. The van der Waals surface area contributed by atoms with Gasteiger partial charge < -0.3 is 11.3 Å². The Kier molecular flexibility index (Phi) is 10.9. The molecule has 0 spiro atoms. The van der Waals surface area contributed by atoms with Crippen molar-refractivity contribution in [3.05, 3.63) is 116 Å². The van der Waals surface area contributed by atoms with Gasteiger partial charge in [-0.05, 0) is 61.2 Å². The van der Waals surface area contributed by atoms with Crippen LogP contribution in [0.25, 0.3) is 28.2 Å². The molecule has 0 fully saturated rings. The van der Waals surface area contributed by atoms with Crippen LogP contribution in [0.15, 0.2) is 86.9 Å². The molecule has 0 aliphatic carbocycles. The maximum absolute atomic E-state index is 13.9. The second-order valence-corrected chi connectivity index (χ2v) is 9.94. The Bertz CT molecular complexity index is 1760. The van der Waals surface area contributed by atoms with Gasteiger partial charge in [-0.1, -0.05) is 67.0 Å². The van der Waals surface area contributed by atoms with Gasteiger partial charge in [-0.25, -0.2) is 9.78 Å². The minimum absolute atomic E-state index is 0. The van der Waals surface area contributed by atoms with E-state index in [0.717, 1.165) is 34.4 Å². The summed E-state index contributed by atoms with van der Waals surface area (Å²) in [7, 11) is 0. The molecule has 0 aliphatic rings. The molecule has 1 unspecified atom stereocenters. The van der Waals surface area contributed by atoms with E-state index in [-0.39, 0.29) is 71.1 Å². The Hall–Kier alpha value is -3.12. The van der Waals surface area contributed by atoms with Gasteiger partial charge in [-0.3, -0.25) is 18.9 Å². The SMILES string of the molecule is CCCc1nc(C)n(-c2ccc(OC(C)CO)cc2)c(=O)c1Cc1ccc(-c2ccccc2-c2noc(=O)[nH]2)cc1.[H-].[K+]. The number of aromatic nitrogens is 4. The van der Waals surface area contributed by atoms with Crippen LogP contribution in [0.2, 0.25) is 0 Å². The molecule has 5 rings (SSSR count). The third-order valence-electron chi connectivity index (χ3n) is 6.87. The third kappa shape index (κ3) is 7.08. The Balaban J connectivity index is 0.00000253. The molecule has 0 aliphatic heterocycles. The van der Waals surface area contributed by atoms with Gasteiger partial charge in [0.15, 0.2) is 5.82 Å². The molecule has 0 bridgehead atoms. The van der Waals surface area contributed by atoms with Gasteiger partial charge in [0.25, 0.3) is 5.56 Å². The fourth-order valence-corrected chi connectivity index (χ4v) is 4.88. The third-order valence-corrected chi connectivity index (χ3v) is 6.87. The van der Waals surface area contributed by atoms with E-state index in [1.54, 1.807) is 23.6 Å². The largest absolute Gasteiger partial charge is 1.00 e. The smallest absolute Gasteiger partial charge is 1.00 e. The molecule has 1 atom stereocenters. The minimum Gasteiger partial charge on any atom is -1.00 e. The van der Waals surface area contributed by atoms with Crippen molar-refractivity contribution in [1.29, 1.82) is 0 Å². The van der Waals surface area contributed by atoms with Crippen LogP contribution in [0.3, 0.4) is 0 Å². The normalized spacial score (nSPS) is 11.6. The van der Waals surface area contributed by atoms with Crippen molar-refractivity contribution >= 4 is 0 Å². The quantitative estimate of drug-likeness (QED) is 0.238. The fraction of sp³-hybridized carbons (Fsp3) is 0.250. The van der Waals surface area contributed by atoms with E-state index in [9.17, 15) is 14.7 Å². The predicted molar refractivity (Wildman–Crippen MR) is 158 cm³/mol. The first-order chi connectivity index (χ1) is 19.9.